The first-order chi connectivity index (χ1) is 14.6. The minimum absolute atomic E-state index is 0.372. The number of aryl methyl sites for hydroxylation is 1. The van der Waals surface area contributed by atoms with Crippen molar-refractivity contribution >= 4 is 0 Å². The molecule has 1 aromatic heterocycles. The normalized spacial score (nSPS) is 27.3. The predicted octanol–water partition coefficient (Wildman–Crippen LogP) is 3.54. The first-order valence-electron chi connectivity index (χ1n) is 12.4. The van der Waals surface area contributed by atoms with Gasteiger partial charge in [-0.25, -0.2) is 4.98 Å². The largest absolute Gasteiger partial charge is 0.474 e. The molecule has 2 aliphatic heterocycles. The van der Waals surface area contributed by atoms with E-state index in [4.69, 9.17) is 4.74 Å². The van der Waals surface area contributed by atoms with Crippen LogP contribution in [-0.2, 0) is 6.42 Å². The summed E-state index contributed by atoms with van der Waals surface area (Å²) in [6, 6.07) is 4.87. The van der Waals surface area contributed by atoms with Crippen LogP contribution in [0.4, 0.5) is 0 Å². The Labute approximate surface area is 183 Å². The molecular formula is C25H42N4O. The van der Waals surface area contributed by atoms with Gasteiger partial charge in [0.15, 0.2) is 0 Å². The number of aromatic nitrogens is 1. The molecule has 4 rings (SSSR count). The Morgan fingerprint density at radius 1 is 0.967 bits per heavy atom. The Bertz CT molecular complexity index is 644. The number of rotatable bonds is 8. The molecule has 5 heteroatoms. The van der Waals surface area contributed by atoms with Crippen molar-refractivity contribution in [3.8, 4) is 5.88 Å². The number of nitrogens with zero attached hydrogens (tertiary/aromatic N) is 4. The van der Waals surface area contributed by atoms with Gasteiger partial charge in [-0.15, -0.1) is 0 Å². The lowest BCUT2D eigenvalue weighted by atomic mass is 9.81. The fraction of sp³-hybridized carbons (Fsp3) is 0.800. The van der Waals surface area contributed by atoms with Crippen molar-refractivity contribution in [2.24, 2.45) is 11.8 Å². The lowest BCUT2D eigenvalue weighted by Gasteiger charge is -2.42. The lowest BCUT2D eigenvalue weighted by molar-refractivity contribution is 0.0285. The molecule has 0 amide bonds. The second-order valence-corrected chi connectivity index (χ2v) is 10.1. The molecule has 0 N–H and O–H groups in total. The minimum Gasteiger partial charge on any atom is -0.474 e. The van der Waals surface area contributed by atoms with Crippen molar-refractivity contribution in [3.05, 3.63) is 23.9 Å². The molecule has 0 atom stereocenters. The van der Waals surface area contributed by atoms with Gasteiger partial charge in [-0.2, -0.15) is 0 Å². The Morgan fingerprint density at radius 2 is 1.63 bits per heavy atom. The number of piperidine rings is 1. The van der Waals surface area contributed by atoms with E-state index in [0.717, 1.165) is 24.1 Å². The van der Waals surface area contributed by atoms with Gasteiger partial charge in [-0.3, -0.25) is 4.90 Å². The van der Waals surface area contributed by atoms with Crippen LogP contribution in [0.2, 0.25) is 0 Å². The predicted molar refractivity (Wildman–Crippen MR) is 123 cm³/mol. The molecule has 0 bridgehead atoms. The number of hydrogen-bond acceptors (Lipinski definition) is 5. The van der Waals surface area contributed by atoms with Crippen LogP contribution in [0.1, 0.15) is 52.0 Å². The monoisotopic (exact) mass is 414 g/mol. The van der Waals surface area contributed by atoms with Crippen molar-refractivity contribution in [2.45, 2.75) is 65.0 Å². The zero-order valence-corrected chi connectivity index (χ0v) is 19.4. The van der Waals surface area contributed by atoms with Gasteiger partial charge in [-0.05, 0) is 82.5 Å². The van der Waals surface area contributed by atoms with Gasteiger partial charge >= 0.3 is 0 Å². The summed E-state index contributed by atoms with van der Waals surface area (Å²) in [7, 11) is 0. The van der Waals surface area contributed by atoms with Crippen LogP contribution in [0, 0.1) is 11.8 Å². The van der Waals surface area contributed by atoms with Crippen LogP contribution >= 0.6 is 0 Å². The maximum absolute atomic E-state index is 6.10. The van der Waals surface area contributed by atoms with E-state index < -0.39 is 0 Å². The number of hydrogen-bond donors (Lipinski definition) is 0. The third-order valence-electron chi connectivity index (χ3n) is 7.56. The number of piperazine rings is 1. The van der Waals surface area contributed by atoms with E-state index in [1.54, 1.807) is 0 Å². The fourth-order valence-electron chi connectivity index (χ4n) is 5.37. The third kappa shape index (κ3) is 5.95. The van der Waals surface area contributed by atoms with Gasteiger partial charge in [0.1, 0.15) is 6.10 Å². The minimum atomic E-state index is 0.372. The Balaban J connectivity index is 1.10. The standard InChI is InChI=1S/C25H42N4O/c1-4-21-5-8-26-25(17-21)30-24-15-23(16-24)19-27-9-6-22(7-10-27)18-28-11-13-29(14-12-28)20(2)3/h5,8,17,20,22-24H,4,6-7,9-16,18-19H2,1-3H3/t23-,24-. The first kappa shape index (κ1) is 22.0. The highest BCUT2D eigenvalue weighted by Gasteiger charge is 2.33. The molecule has 0 aromatic carbocycles. The molecule has 3 fully saturated rings. The molecule has 168 valence electrons. The highest BCUT2D eigenvalue weighted by molar-refractivity contribution is 5.20. The highest BCUT2D eigenvalue weighted by atomic mass is 16.5. The van der Waals surface area contributed by atoms with Crippen molar-refractivity contribution in [2.75, 3.05) is 52.4 Å². The highest BCUT2D eigenvalue weighted by Crippen LogP contribution is 2.32. The fourth-order valence-corrected chi connectivity index (χ4v) is 5.37. The summed E-state index contributed by atoms with van der Waals surface area (Å²) in [4.78, 5) is 12.4. The van der Waals surface area contributed by atoms with Gasteiger partial charge in [0.25, 0.3) is 0 Å². The maximum atomic E-state index is 6.10. The van der Waals surface area contributed by atoms with E-state index in [2.05, 4.69) is 52.6 Å². The molecule has 0 radical (unpaired) electrons. The third-order valence-corrected chi connectivity index (χ3v) is 7.56. The summed E-state index contributed by atoms with van der Waals surface area (Å²) in [6.07, 6.45) is 8.43. The van der Waals surface area contributed by atoms with Crippen LogP contribution < -0.4 is 4.74 Å². The summed E-state index contributed by atoms with van der Waals surface area (Å²) in [5.41, 5.74) is 1.31. The second kappa shape index (κ2) is 10.4. The van der Waals surface area contributed by atoms with Crippen molar-refractivity contribution < 1.29 is 4.74 Å². The van der Waals surface area contributed by atoms with E-state index in [1.165, 1.54) is 83.6 Å². The Kier molecular flexibility index (Phi) is 7.66. The molecule has 5 nitrogen and oxygen atoms in total. The smallest absolute Gasteiger partial charge is 0.213 e. The summed E-state index contributed by atoms with van der Waals surface area (Å²) in [6.45, 7) is 17.0. The van der Waals surface area contributed by atoms with Crippen molar-refractivity contribution in [3.63, 3.8) is 0 Å². The van der Waals surface area contributed by atoms with Crippen LogP contribution in [0.15, 0.2) is 18.3 Å². The quantitative estimate of drug-likeness (QED) is 0.650. The van der Waals surface area contributed by atoms with Gasteiger partial charge in [-0.1, -0.05) is 6.92 Å². The van der Waals surface area contributed by atoms with Crippen LogP contribution in [-0.4, -0.2) is 84.2 Å². The van der Waals surface area contributed by atoms with Crippen LogP contribution in [0.5, 0.6) is 5.88 Å². The average molecular weight is 415 g/mol. The first-order valence-corrected chi connectivity index (χ1v) is 12.4. The number of pyridine rings is 1. The van der Waals surface area contributed by atoms with E-state index in [0.29, 0.717) is 12.1 Å². The van der Waals surface area contributed by atoms with Gasteiger partial charge in [0.2, 0.25) is 5.88 Å². The molecule has 30 heavy (non-hydrogen) atoms. The van der Waals surface area contributed by atoms with E-state index in [1.807, 2.05) is 6.20 Å². The molecule has 1 aromatic rings. The lowest BCUT2D eigenvalue weighted by Crippen LogP contribution is -2.51. The number of ether oxygens (including phenoxy) is 1. The molecular weight excluding hydrogens is 372 g/mol. The topological polar surface area (TPSA) is 31.8 Å². The Morgan fingerprint density at radius 3 is 2.30 bits per heavy atom. The zero-order chi connectivity index (χ0) is 20.9. The molecule has 0 spiro atoms. The van der Waals surface area contributed by atoms with Crippen molar-refractivity contribution in [1.82, 2.24) is 19.7 Å². The number of likely N-dealkylation sites (tertiary alicyclic amines) is 1. The van der Waals surface area contributed by atoms with E-state index in [9.17, 15) is 0 Å². The van der Waals surface area contributed by atoms with Crippen molar-refractivity contribution in [1.29, 1.82) is 0 Å². The Hall–Kier alpha value is -1.17. The zero-order valence-electron chi connectivity index (χ0n) is 19.4. The molecule has 3 aliphatic rings. The van der Waals surface area contributed by atoms with Gasteiger partial charge in [0.05, 0.1) is 0 Å². The molecule has 1 aliphatic carbocycles. The molecule has 0 unspecified atom stereocenters. The van der Waals surface area contributed by atoms with Crippen LogP contribution in [0.25, 0.3) is 0 Å². The van der Waals surface area contributed by atoms with Gasteiger partial charge in [0, 0.05) is 57.6 Å². The second-order valence-electron chi connectivity index (χ2n) is 10.1. The molecule has 1 saturated carbocycles. The summed E-state index contributed by atoms with van der Waals surface area (Å²) >= 11 is 0. The summed E-state index contributed by atoms with van der Waals surface area (Å²) in [5.74, 6) is 2.53. The maximum Gasteiger partial charge on any atom is 0.213 e. The van der Waals surface area contributed by atoms with E-state index in [-0.39, 0.29) is 0 Å². The summed E-state index contributed by atoms with van der Waals surface area (Å²) in [5, 5.41) is 0. The van der Waals surface area contributed by atoms with Crippen LogP contribution in [0.3, 0.4) is 0 Å². The van der Waals surface area contributed by atoms with E-state index >= 15 is 0 Å². The average Bonchev–Trinajstić information content (AvgIpc) is 2.74. The summed E-state index contributed by atoms with van der Waals surface area (Å²) < 4.78 is 6.10. The molecule has 3 heterocycles. The SMILES string of the molecule is CCc1ccnc(O[C@H]2C[C@H](CN3CCC(CN4CCN(C(C)C)CC4)CC3)C2)c1. The van der Waals surface area contributed by atoms with Gasteiger partial charge < -0.3 is 14.5 Å². The molecule has 2 saturated heterocycles.